The average molecular weight is 446 g/mol. The molecule has 1 saturated heterocycles. The smallest absolute Gasteiger partial charge is 0.335 e. The fourth-order valence-corrected chi connectivity index (χ4v) is 5.02. The van der Waals surface area contributed by atoms with Crippen LogP contribution in [-0.2, 0) is 9.59 Å². The van der Waals surface area contributed by atoms with Crippen molar-refractivity contribution in [3.05, 3.63) is 63.7 Å². The molecular weight excluding hydrogens is 414 g/mol. The molecule has 6 heteroatoms. The van der Waals surface area contributed by atoms with Gasteiger partial charge in [0.1, 0.15) is 5.57 Å². The van der Waals surface area contributed by atoms with Crippen molar-refractivity contribution in [2.75, 3.05) is 16.8 Å². The van der Waals surface area contributed by atoms with Crippen LogP contribution in [0.4, 0.5) is 16.2 Å². The zero-order valence-corrected chi connectivity index (χ0v) is 20.4. The van der Waals surface area contributed by atoms with Crippen LogP contribution in [-0.4, -0.2) is 30.4 Å². The summed E-state index contributed by atoms with van der Waals surface area (Å²) in [5.74, 6) is -0.945. The Bertz CT molecular complexity index is 1210. The molecule has 2 aromatic carbocycles. The number of hydrogen-bond donors (Lipinski definition) is 1. The van der Waals surface area contributed by atoms with E-state index >= 15 is 0 Å². The molecule has 2 heterocycles. The predicted octanol–water partition coefficient (Wildman–Crippen LogP) is 5.00. The fraction of sp³-hybridized carbons (Fsp3) is 0.370. The van der Waals surface area contributed by atoms with E-state index in [9.17, 15) is 14.4 Å². The van der Waals surface area contributed by atoms with Crippen molar-refractivity contribution in [2.24, 2.45) is 0 Å². The zero-order chi connectivity index (χ0) is 24.2. The molecule has 2 aliphatic rings. The molecule has 1 fully saturated rings. The third-order valence-electron chi connectivity index (χ3n) is 6.89. The van der Waals surface area contributed by atoms with E-state index in [0.29, 0.717) is 11.6 Å². The van der Waals surface area contributed by atoms with Gasteiger partial charge in [-0.25, -0.2) is 9.69 Å². The molecule has 33 heavy (non-hydrogen) atoms. The van der Waals surface area contributed by atoms with Crippen molar-refractivity contribution in [3.8, 4) is 0 Å². The number of carbonyl (C=O) groups excluding carboxylic acids is 3. The molecule has 1 unspecified atom stereocenters. The van der Waals surface area contributed by atoms with Crippen molar-refractivity contribution in [3.63, 3.8) is 0 Å². The highest BCUT2D eigenvalue weighted by Gasteiger charge is 2.38. The van der Waals surface area contributed by atoms with Crippen LogP contribution in [0.15, 0.2) is 35.9 Å². The molecule has 1 atom stereocenters. The van der Waals surface area contributed by atoms with Crippen LogP contribution in [0.5, 0.6) is 0 Å². The van der Waals surface area contributed by atoms with E-state index < -0.39 is 17.8 Å². The van der Waals surface area contributed by atoms with E-state index in [0.717, 1.165) is 33.6 Å². The number of rotatable bonds is 2. The van der Waals surface area contributed by atoms with E-state index in [1.807, 2.05) is 26.8 Å². The number of anilines is 2. The second kappa shape index (κ2) is 7.87. The maximum atomic E-state index is 13.3. The first-order valence-corrected chi connectivity index (χ1v) is 11.3. The molecule has 0 radical (unpaired) electrons. The van der Waals surface area contributed by atoms with Crippen molar-refractivity contribution in [1.29, 1.82) is 0 Å². The molecule has 0 aromatic heterocycles. The van der Waals surface area contributed by atoms with Gasteiger partial charge in [-0.2, -0.15) is 0 Å². The van der Waals surface area contributed by atoms with Crippen molar-refractivity contribution in [2.45, 2.75) is 59.4 Å². The molecule has 0 bridgehead atoms. The summed E-state index contributed by atoms with van der Waals surface area (Å²) in [4.78, 5) is 41.9. The zero-order valence-electron chi connectivity index (χ0n) is 20.4. The monoisotopic (exact) mass is 445 g/mol. The second-order valence-electron chi connectivity index (χ2n) is 10.0. The highest BCUT2D eigenvalue weighted by molar-refractivity contribution is 6.39. The SMILES string of the molecule is Cc1cc(C)cc(N2C(=O)NC(=O)/C(=C/c3cc4c(cc3C)N(C)C(C)(C)CC4C)C2=O)c1. The number of urea groups is 1. The minimum Gasteiger partial charge on any atom is -0.369 e. The number of nitrogens with zero attached hydrogens (tertiary/aromatic N) is 2. The maximum Gasteiger partial charge on any atom is 0.335 e. The molecule has 4 rings (SSSR count). The van der Waals surface area contributed by atoms with Crippen molar-refractivity contribution < 1.29 is 14.4 Å². The fourth-order valence-electron chi connectivity index (χ4n) is 5.02. The van der Waals surface area contributed by atoms with Gasteiger partial charge >= 0.3 is 6.03 Å². The molecule has 0 aliphatic carbocycles. The normalized spacial score (nSPS) is 21.4. The summed E-state index contributed by atoms with van der Waals surface area (Å²) in [5, 5.41) is 2.33. The van der Waals surface area contributed by atoms with Crippen LogP contribution >= 0.6 is 0 Å². The maximum absolute atomic E-state index is 13.3. The standard InChI is InChI=1S/C27H31N3O3/c1-15-8-16(2)10-20(9-15)30-25(32)22(24(31)28-26(30)33)13-19-12-21-18(4)14-27(5,6)29(7)23(21)11-17(19)3/h8-13,18H,14H2,1-7H3,(H,28,31,33)/b22-13-. The van der Waals surface area contributed by atoms with Crippen LogP contribution in [0.3, 0.4) is 0 Å². The van der Waals surface area contributed by atoms with Crippen LogP contribution < -0.4 is 15.1 Å². The molecule has 6 nitrogen and oxygen atoms in total. The summed E-state index contributed by atoms with van der Waals surface area (Å²) in [5.41, 5.74) is 6.45. The summed E-state index contributed by atoms with van der Waals surface area (Å²) in [6.45, 7) is 12.5. The van der Waals surface area contributed by atoms with Crippen LogP contribution in [0.1, 0.15) is 60.9 Å². The van der Waals surface area contributed by atoms with Gasteiger partial charge in [0.05, 0.1) is 5.69 Å². The van der Waals surface area contributed by atoms with E-state index in [-0.39, 0.29) is 11.1 Å². The largest absolute Gasteiger partial charge is 0.369 e. The second-order valence-corrected chi connectivity index (χ2v) is 10.0. The third kappa shape index (κ3) is 3.94. The number of nitrogens with one attached hydrogen (secondary N) is 1. The Morgan fingerprint density at radius 3 is 2.27 bits per heavy atom. The summed E-state index contributed by atoms with van der Waals surface area (Å²) in [6, 6.07) is 8.96. The molecule has 2 aliphatic heterocycles. The minimum absolute atomic E-state index is 0.0465. The Hall–Kier alpha value is -3.41. The summed E-state index contributed by atoms with van der Waals surface area (Å²) in [6.07, 6.45) is 2.62. The van der Waals surface area contributed by atoms with Gasteiger partial charge in [-0.3, -0.25) is 14.9 Å². The molecule has 4 amide bonds. The number of aryl methyl sites for hydroxylation is 3. The Balaban J connectivity index is 1.78. The van der Waals surface area contributed by atoms with Crippen LogP contribution in [0, 0.1) is 20.8 Å². The first-order valence-electron chi connectivity index (χ1n) is 11.3. The average Bonchev–Trinajstić information content (AvgIpc) is 2.69. The highest BCUT2D eigenvalue weighted by atomic mass is 16.2. The number of barbiturate groups is 1. The lowest BCUT2D eigenvalue weighted by Crippen LogP contribution is -2.54. The van der Waals surface area contributed by atoms with Gasteiger partial charge in [0.15, 0.2) is 0 Å². The van der Waals surface area contributed by atoms with Crippen LogP contribution in [0.2, 0.25) is 0 Å². The van der Waals surface area contributed by atoms with Gasteiger partial charge in [-0.05, 0) is 105 Å². The first kappa shape index (κ1) is 22.8. The molecule has 0 spiro atoms. The number of carbonyl (C=O) groups is 3. The predicted molar refractivity (Wildman–Crippen MR) is 132 cm³/mol. The van der Waals surface area contributed by atoms with E-state index in [1.54, 1.807) is 18.2 Å². The number of imide groups is 2. The Kier molecular flexibility index (Phi) is 5.43. The lowest BCUT2D eigenvalue weighted by atomic mass is 9.79. The summed E-state index contributed by atoms with van der Waals surface area (Å²) in [7, 11) is 2.10. The Labute approximate surface area is 195 Å². The number of amides is 4. The quantitative estimate of drug-likeness (QED) is 0.522. The summed E-state index contributed by atoms with van der Waals surface area (Å²) < 4.78 is 0. The molecule has 0 saturated carbocycles. The Morgan fingerprint density at radius 1 is 1.00 bits per heavy atom. The third-order valence-corrected chi connectivity index (χ3v) is 6.89. The van der Waals surface area contributed by atoms with Gasteiger partial charge < -0.3 is 4.90 Å². The topological polar surface area (TPSA) is 69.7 Å². The number of hydrogen-bond acceptors (Lipinski definition) is 4. The van der Waals surface area contributed by atoms with E-state index in [2.05, 4.69) is 50.2 Å². The van der Waals surface area contributed by atoms with Gasteiger partial charge in [0.2, 0.25) is 0 Å². The Morgan fingerprint density at radius 2 is 1.64 bits per heavy atom. The van der Waals surface area contributed by atoms with Crippen molar-refractivity contribution >= 4 is 35.3 Å². The lowest BCUT2D eigenvalue weighted by Gasteiger charge is -2.45. The van der Waals surface area contributed by atoms with Crippen LogP contribution in [0.25, 0.3) is 6.08 Å². The minimum atomic E-state index is -0.730. The van der Waals surface area contributed by atoms with Gasteiger partial charge in [0, 0.05) is 18.3 Å². The van der Waals surface area contributed by atoms with Gasteiger partial charge in [0.25, 0.3) is 11.8 Å². The first-order chi connectivity index (χ1) is 15.4. The van der Waals surface area contributed by atoms with Gasteiger partial charge in [-0.15, -0.1) is 0 Å². The van der Waals surface area contributed by atoms with E-state index in [1.165, 1.54) is 11.3 Å². The highest BCUT2D eigenvalue weighted by Crippen LogP contribution is 2.43. The molecule has 172 valence electrons. The molecular formula is C27H31N3O3. The summed E-state index contributed by atoms with van der Waals surface area (Å²) >= 11 is 0. The number of fused-ring (bicyclic) bond motifs is 1. The lowest BCUT2D eigenvalue weighted by molar-refractivity contribution is -0.122. The van der Waals surface area contributed by atoms with Crippen molar-refractivity contribution in [1.82, 2.24) is 5.32 Å². The molecule has 2 aromatic rings. The van der Waals surface area contributed by atoms with Gasteiger partial charge in [-0.1, -0.05) is 13.0 Å². The number of benzene rings is 2. The molecule has 1 N–H and O–H groups in total. The van der Waals surface area contributed by atoms with E-state index in [4.69, 9.17) is 0 Å².